The number of hydrogen-bond donors (Lipinski definition) is 0. The zero-order valence-corrected chi connectivity index (χ0v) is 10.00. The van der Waals surface area contributed by atoms with E-state index in [9.17, 15) is 0 Å². The molecule has 0 saturated carbocycles. The molecule has 0 bridgehead atoms. The maximum atomic E-state index is 3.29. The molecule has 0 spiro atoms. The second-order valence-electron chi connectivity index (χ2n) is 4.45. The number of piperidine rings is 1. The van der Waals surface area contributed by atoms with E-state index in [2.05, 4.69) is 47.9 Å². The molecule has 0 aliphatic carbocycles. The molecule has 1 aliphatic heterocycles. The molecule has 1 aliphatic rings. The van der Waals surface area contributed by atoms with Crippen molar-refractivity contribution in [2.75, 3.05) is 19.6 Å². The molecule has 1 nitrogen and oxygen atoms in total. The minimum Gasteiger partial charge on any atom is -0.292 e. The van der Waals surface area contributed by atoms with Crippen molar-refractivity contribution in [3.05, 3.63) is 35.4 Å². The van der Waals surface area contributed by atoms with Crippen LogP contribution in [0, 0.1) is 18.8 Å². The van der Waals surface area contributed by atoms with Crippen molar-refractivity contribution in [3.8, 4) is 11.8 Å². The van der Waals surface area contributed by atoms with Crippen LogP contribution in [0.25, 0.3) is 0 Å². The van der Waals surface area contributed by atoms with E-state index in [1.54, 1.807) is 0 Å². The number of likely N-dealkylation sites (tertiary alicyclic amines) is 1. The largest absolute Gasteiger partial charge is 0.292 e. The predicted octanol–water partition coefficient (Wildman–Crippen LogP) is 2.83. The summed E-state index contributed by atoms with van der Waals surface area (Å²) in [7, 11) is 0. The SMILES string of the molecule is Cc1ccccc1C#CCN1CCCCC1. The van der Waals surface area contributed by atoms with Gasteiger partial charge in [-0.15, -0.1) is 0 Å². The lowest BCUT2D eigenvalue weighted by atomic mass is 10.1. The molecule has 0 unspecified atom stereocenters. The van der Waals surface area contributed by atoms with Crippen molar-refractivity contribution in [3.63, 3.8) is 0 Å². The minimum atomic E-state index is 0.925. The van der Waals surface area contributed by atoms with E-state index in [0.717, 1.165) is 6.54 Å². The van der Waals surface area contributed by atoms with Crippen LogP contribution in [-0.2, 0) is 0 Å². The Balaban J connectivity index is 1.92. The number of nitrogens with zero attached hydrogens (tertiary/aromatic N) is 1. The average molecular weight is 213 g/mol. The van der Waals surface area contributed by atoms with Crippen molar-refractivity contribution in [2.24, 2.45) is 0 Å². The third kappa shape index (κ3) is 3.12. The molecule has 0 radical (unpaired) electrons. The third-order valence-corrected chi connectivity index (χ3v) is 3.12. The summed E-state index contributed by atoms with van der Waals surface area (Å²) in [5, 5.41) is 0. The zero-order valence-electron chi connectivity index (χ0n) is 10.00. The first-order chi connectivity index (χ1) is 7.86. The number of aryl methyl sites for hydroxylation is 1. The lowest BCUT2D eigenvalue weighted by Gasteiger charge is -2.23. The molecule has 0 amide bonds. The van der Waals surface area contributed by atoms with Crippen LogP contribution in [0.3, 0.4) is 0 Å². The smallest absolute Gasteiger partial charge is 0.0605 e. The van der Waals surface area contributed by atoms with E-state index < -0.39 is 0 Å². The van der Waals surface area contributed by atoms with Crippen LogP contribution < -0.4 is 0 Å². The summed E-state index contributed by atoms with van der Waals surface area (Å²) < 4.78 is 0. The van der Waals surface area contributed by atoms with Gasteiger partial charge in [-0.05, 0) is 44.5 Å². The van der Waals surface area contributed by atoms with E-state index >= 15 is 0 Å². The van der Waals surface area contributed by atoms with Gasteiger partial charge in [0.25, 0.3) is 0 Å². The molecule has 0 N–H and O–H groups in total. The first kappa shape index (κ1) is 11.2. The van der Waals surface area contributed by atoms with Crippen LogP contribution in [0.15, 0.2) is 24.3 Å². The van der Waals surface area contributed by atoms with E-state index in [-0.39, 0.29) is 0 Å². The Labute approximate surface area is 98.5 Å². The fourth-order valence-corrected chi connectivity index (χ4v) is 2.08. The quantitative estimate of drug-likeness (QED) is 0.648. The van der Waals surface area contributed by atoms with Crippen molar-refractivity contribution < 1.29 is 0 Å². The fourth-order valence-electron chi connectivity index (χ4n) is 2.08. The minimum absolute atomic E-state index is 0.925. The van der Waals surface area contributed by atoms with Gasteiger partial charge in [-0.2, -0.15) is 0 Å². The third-order valence-electron chi connectivity index (χ3n) is 3.12. The molecule has 1 heteroatoms. The highest BCUT2D eigenvalue weighted by Gasteiger charge is 2.07. The Morgan fingerprint density at radius 3 is 2.62 bits per heavy atom. The maximum absolute atomic E-state index is 3.29. The molecule has 84 valence electrons. The van der Waals surface area contributed by atoms with Gasteiger partial charge in [0.1, 0.15) is 0 Å². The zero-order chi connectivity index (χ0) is 11.2. The number of rotatable bonds is 1. The Hall–Kier alpha value is -1.26. The Morgan fingerprint density at radius 1 is 1.12 bits per heavy atom. The molecular formula is C15H19N. The molecule has 2 rings (SSSR count). The van der Waals surface area contributed by atoms with Crippen molar-refractivity contribution in [1.29, 1.82) is 0 Å². The molecule has 16 heavy (non-hydrogen) atoms. The van der Waals surface area contributed by atoms with Crippen LogP contribution in [0.1, 0.15) is 30.4 Å². The van der Waals surface area contributed by atoms with Gasteiger partial charge >= 0.3 is 0 Å². The van der Waals surface area contributed by atoms with E-state index in [1.165, 1.54) is 43.5 Å². The molecule has 0 atom stereocenters. The lowest BCUT2D eigenvalue weighted by molar-refractivity contribution is 0.255. The summed E-state index contributed by atoms with van der Waals surface area (Å²) in [6.07, 6.45) is 4.07. The van der Waals surface area contributed by atoms with E-state index in [4.69, 9.17) is 0 Å². The molecule has 1 heterocycles. The highest BCUT2D eigenvalue weighted by Crippen LogP contribution is 2.08. The van der Waals surface area contributed by atoms with Gasteiger partial charge in [0.05, 0.1) is 6.54 Å². The molecule has 0 aromatic heterocycles. The Kier molecular flexibility index (Phi) is 4.02. The molecule has 1 aromatic carbocycles. The van der Waals surface area contributed by atoms with Gasteiger partial charge in [-0.25, -0.2) is 0 Å². The van der Waals surface area contributed by atoms with Gasteiger partial charge in [-0.1, -0.05) is 36.5 Å². The summed E-state index contributed by atoms with van der Waals surface area (Å²) in [5.74, 6) is 6.56. The molecule has 1 saturated heterocycles. The molecule has 1 fully saturated rings. The first-order valence-electron chi connectivity index (χ1n) is 6.13. The van der Waals surface area contributed by atoms with Gasteiger partial charge in [0.15, 0.2) is 0 Å². The summed E-state index contributed by atoms with van der Waals surface area (Å²) >= 11 is 0. The van der Waals surface area contributed by atoms with Crippen LogP contribution in [0.4, 0.5) is 0 Å². The summed E-state index contributed by atoms with van der Waals surface area (Å²) in [4.78, 5) is 2.45. The first-order valence-corrected chi connectivity index (χ1v) is 6.13. The number of benzene rings is 1. The predicted molar refractivity (Wildman–Crippen MR) is 68.3 cm³/mol. The van der Waals surface area contributed by atoms with Crippen molar-refractivity contribution >= 4 is 0 Å². The monoisotopic (exact) mass is 213 g/mol. The Bertz CT molecular complexity index is 391. The van der Waals surface area contributed by atoms with Gasteiger partial charge in [0, 0.05) is 5.56 Å². The lowest BCUT2D eigenvalue weighted by Crippen LogP contribution is -2.29. The maximum Gasteiger partial charge on any atom is 0.0605 e. The summed E-state index contributed by atoms with van der Waals surface area (Å²) in [5.41, 5.74) is 2.44. The highest BCUT2D eigenvalue weighted by molar-refractivity contribution is 5.40. The highest BCUT2D eigenvalue weighted by atomic mass is 15.1. The van der Waals surface area contributed by atoms with E-state index in [0.29, 0.717) is 0 Å². The Morgan fingerprint density at radius 2 is 1.88 bits per heavy atom. The van der Waals surface area contributed by atoms with Crippen LogP contribution in [0.2, 0.25) is 0 Å². The van der Waals surface area contributed by atoms with Crippen molar-refractivity contribution in [2.45, 2.75) is 26.2 Å². The molecular weight excluding hydrogens is 194 g/mol. The molecule has 1 aromatic rings. The summed E-state index contributed by atoms with van der Waals surface area (Å²) in [6.45, 7) is 5.49. The average Bonchev–Trinajstić information content (AvgIpc) is 2.33. The van der Waals surface area contributed by atoms with Crippen LogP contribution in [0.5, 0.6) is 0 Å². The fraction of sp³-hybridized carbons (Fsp3) is 0.467. The topological polar surface area (TPSA) is 3.24 Å². The van der Waals surface area contributed by atoms with Crippen LogP contribution >= 0.6 is 0 Å². The van der Waals surface area contributed by atoms with Gasteiger partial charge in [0.2, 0.25) is 0 Å². The second-order valence-corrected chi connectivity index (χ2v) is 4.45. The standard InChI is InChI=1S/C15H19N/c1-14-8-3-4-9-15(14)10-7-13-16-11-5-2-6-12-16/h3-4,8-9H,2,5-6,11-13H2,1H3. The normalized spacial score (nSPS) is 16.6. The van der Waals surface area contributed by atoms with Crippen LogP contribution in [-0.4, -0.2) is 24.5 Å². The van der Waals surface area contributed by atoms with Gasteiger partial charge < -0.3 is 0 Å². The van der Waals surface area contributed by atoms with E-state index in [1.807, 2.05) is 0 Å². The van der Waals surface area contributed by atoms with Crippen molar-refractivity contribution in [1.82, 2.24) is 4.90 Å². The van der Waals surface area contributed by atoms with Gasteiger partial charge in [-0.3, -0.25) is 4.90 Å². The second kappa shape index (κ2) is 5.72. The number of hydrogen-bond acceptors (Lipinski definition) is 1. The summed E-state index contributed by atoms with van der Waals surface area (Å²) in [6, 6.07) is 8.33.